The number of nitrogens with two attached hydrogens (primary N) is 1. The summed E-state index contributed by atoms with van der Waals surface area (Å²) in [7, 11) is 3.04. The van der Waals surface area contributed by atoms with Gasteiger partial charge in [0.25, 0.3) is 11.8 Å². The van der Waals surface area contributed by atoms with Crippen LogP contribution < -0.4 is 26.6 Å². The number of carbonyl (C=O) groups is 2. The fourth-order valence-electron chi connectivity index (χ4n) is 2.15. The Balaban J connectivity index is 0.00000127. The van der Waals surface area contributed by atoms with Crippen molar-refractivity contribution in [3.63, 3.8) is 0 Å². The maximum Gasteiger partial charge on any atom is 0.281 e. The standard InChI is InChI=1S/C14H16N4O3.C2H6/c1-7-6-9(14(20)18-15)17-12-10(21-3)5-4-8(11(7)12)13(19)16-2;1-2/h4-6,17H,1,15H2,2-3H3,(H,16,19)(H,18,20);1-2H3. The van der Waals surface area contributed by atoms with Gasteiger partial charge < -0.3 is 15.4 Å². The highest BCUT2D eigenvalue weighted by molar-refractivity contribution is 6.09. The smallest absolute Gasteiger partial charge is 0.281 e. The third kappa shape index (κ3) is 3.51. The summed E-state index contributed by atoms with van der Waals surface area (Å²) in [6, 6.07) is 3.29. The predicted octanol–water partition coefficient (Wildman–Crippen LogP) is 1.39. The minimum atomic E-state index is -0.491. The molecule has 0 aromatic heterocycles. The lowest BCUT2D eigenvalue weighted by molar-refractivity contribution is -0.117. The van der Waals surface area contributed by atoms with Gasteiger partial charge >= 0.3 is 0 Å². The second-order valence-corrected chi connectivity index (χ2v) is 4.33. The van der Waals surface area contributed by atoms with E-state index in [1.54, 1.807) is 19.2 Å². The first-order chi connectivity index (χ1) is 11.0. The van der Waals surface area contributed by atoms with E-state index in [4.69, 9.17) is 10.6 Å². The van der Waals surface area contributed by atoms with Crippen molar-refractivity contribution in [1.29, 1.82) is 0 Å². The van der Waals surface area contributed by atoms with Crippen LogP contribution in [0, 0.1) is 0 Å². The molecule has 7 heteroatoms. The zero-order valence-electron chi connectivity index (χ0n) is 13.7. The second kappa shape index (κ2) is 8.00. The number of nitrogens with one attached hydrogen (secondary N) is 3. The number of anilines is 1. The van der Waals surface area contributed by atoms with E-state index >= 15 is 0 Å². The van der Waals surface area contributed by atoms with Gasteiger partial charge in [-0.2, -0.15) is 0 Å². The molecule has 0 unspecified atom stereocenters. The number of amides is 2. The number of hydrogen-bond donors (Lipinski definition) is 4. The van der Waals surface area contributed by atoms with Crippen LogP contribution in [0.2, 0.25) is 0 Å². The van der Waals surface area contributed by atoms with E-state index in [2.05, 4.69) is 17.2 Å². The van der Waals surface area contributed by atoms with Crippen molar-refractivity contribution in [3.05, 3.63) is 41.6 Å². The molecule has 0 aliphatic carbocycles. The van der Waals surface area contributed by atoms with E-state index in [0.29, 0.717) is 28.1 Å². The molecular weight excluding hydrogens is 296 g/mol. The number of hydrazine groups is 1. The van der Waals surface area contributed by atoms with Crippen molar-refractivity contribution < 1.29 is 14.3 Å². The third-order valence-corrected chi connectivity index (χ3v) is 3.13. The maximum absolute atomic E-state index is 12.0. The predicted molar refractivity (Wildman–Crippen MR) is 90.8 cm³/mol. The van der Waals surface area contributed by atoms with Gasteiger partial charge in [0.1, 0.15) is 11.4 Å². The molecule has 0 fully saturated rings. The summed E-state index contributed by atoms with van der Waals surface area (Å²) in [6.45, 7) is 7.90. The Labute approximate surface area is 135 Å². The van der Waals surface area contributed by atoms with Crippen LogP contribution >= 0.6 is 0 Å². The molecule has 1 heterocycles. The average molecular weight is 318 g/mol. The third-order valence-electron chi connectivity index (χ3n) is 3.13. The summed E-state index contributed by atoms with van der Waals surface area (Å²) in [4.78, 5) is 23.6. The minimum absolute atomic E-state index is 0.224. The molecule has 2 rings (SSSR count). The van der Waals surface area contributed by atoms with Crippen LogP contribution in [-0.4, -0.2) is 26.0 Å². The van der Waals surface area contributed by atoms with Gasteiger partial charge in [0, 0.05) is 18.2 Å². The molecule has 7 nitrogen and oxygen atoms in total. The van der Waals surface area contributed by atoms with Crippen LogP contribution in [0.3, 0.4) is 0 Å². The highest BCUT2D eigenvalue weighted by atomic mass is 16.5. The number of fused-ring (bicyclic) bond motifs is 1. The molecule has 0 spiro atoms. The number of carbonyl (C=O) groups excluding carboxylic acids is 2. The van der Waals surface area contributed by atoms with Gasteiger partial charge in [-0.15, -0.1) is 0 Å². The van der Waals surface area contributed by atoms with Gasteiger partial charge in [-0.05, 0) is 23.8 Å². The summed E-state index contributed by atoms with van der Waals surface area (Å²) in [5, 5.41) is 5.49. The summed E-state index contributed by atoms with van der Waals surface area (Å²) in [6.07, 6.45) is 1.52. The van der Waals surface area contributed by atoms with Crippen LogP contribution in [0.4, 0.5) is 5.69 Å². The largest absolute Gasteiger partial charge is 0.495 e. The quantitative estimate of drug-likeness (QED) is 0.383. The van der Waals surface area contributed by atoms with Crippen LogP contribution in [0.1, 0.15) is 29.8 Å². The molecule has 1 aliphatic heterocycles. The van der Waals surface area contributed by atoms with Crippen LogP contribution in [0.5, 0.6) is 5.75 Å². The molecule has 0 atom stereocenters. The number of rotatable bonds is 3. The van der Waals surface area contributed by atoms with Gasteiger partial charge in [-0.3, -0.25) is 15.0 Å². The lowest BCUT2D eigenvalue weighted by Gasteiger charge is -2.24. The summed E-state index contributed by atoms with van der Waals surface area (Å²) in [5.41, 5.74) is 4.31. The van der Waals surface area contributed by atoms with E-state index in [-0.39, 0.29) is 11.6 Å². The van der Waals surface area contributed by atoms with E-state index in [9.17, 15) is 9.59 Å². The first kappa shape index (κ1) is 18.2. The van der Waals surface area contributed by atoms with Crippen molar-refractivity contribution >= 4 is 23.1 Å². The minimum Gasteiger partial charge on any atom is -0.495 e. The lowest BCUT2D eigenvalue weighted by atomic mass is 9.93. The molecule has 124 valence electrons. The molecule has 0 radical (unpaired) electrons. The van der Waals surface area contributed by atoms with Crippen molar-refractivity contribution in [1.82, 2.24) is 10.7 Å². The lowest BCUT2D eigenvalue weighted by Crippen LogP contribution is -2.34. The van der Waals surface area contributed by atoms with E-state index in [0.717, 1.165) is 0 Å². The van der Waals surface area contributed by atoms with Gasteiger partial charge in [-0.25, -0.2) is 5.84 Å². The van der Waals surface area contributed by atoms with E-state index < -0.39 is 5.91 Å². The van der Waals surface area contributed by atoms with Crippen molar-refractivity contribution in [2.45, 2.75) is 13.8 Å². The maximum atomic E-state index is 12.0. The molecule has 1 aliphatic rings. The number of allylic oxidation sites excluding steroid dienone is 2. The molecule has 0 saturated carbocycles. The summed E-state index contributed by atoms with van der Waals surface area (Å²) < 4.78 is 5.27. The van der Waals surface area contributed by atoms with Gasteiger partial charge in [0.15, 0.2) is 0 Å². The van der Waals surface area contributed by atoms with Gasteiger partial charge in [0.2, 0.25) is 0 Å². The zero-order chi connectivity index (χ0) is 17.6. The highest BCUT2D eigenvalue weighted by Gasteiger charge is 2.25. The van der Waals surface area contributed by atoms with Crippen molar-refractivity contribution in [2.75, 3.05) is 19.5 Å². The number of ether oxygens (including phenoxy) is 1. The molecule has 0 bridgehead atoms. The molecule has 1 aromatic carbocycles. The number of benzene rings is 1. The van der Waals surface area contributed by atoms with Crippen molar-refractivity contribution in [3.8, 4) is 5.75 Å². The first-order valence-electron chi connectivity index (χ1n) is 7.15. The van der Waals surface area contributed by atoms with E-state index in [1.165, 1.54) is 13.2 Å². The Morgan fingerprint density at radius 1 is 1.26 bits per heavy atom. The highest BCUT2D eigenvalue weighted by Crippen LogP contribution is 2.39. The van der Waals surface area contributed by atoms with Gasteiger partial charge in [0.05, 0.1) is 12.8 Å². The van der Waals surface area contributed by atoms with Crippen LogP contribution in [-0.2, 0) is 4.79 Å². The summed E-state index contributed by atoms with van der Waals surface area (Å²) in [5.74, 6) is 4.88. The molecule has 1 aromatic rings. The monoisotopic (exact) mass is 318 g/mol. The zero-order valence-corrected chi connectivity index (χ0v) is 13.7. The van der Waals surface area contributed by atoms with Crippen LogP contribution in [0.25, 0.3) is 5.57 Å². The Morgan fingerprint density at radius 2 is 1.91 bits per heavy atom. The Kier molecular flexibility index (Phi) is 6.35. The number of methoxy groups -OCH3 is 1. The number of hydrogen-bond acceptors (Lipinski definition) is 5. The molecule has 23 heavy (non-hydrogen) atoms. The molecule has 5 N–H and O–H groups in total. The Hall–Kier alpha value is -2.80. The first-order valence-corrected chi connectivity index (χ1v) is 7.15. The fraction of sp³-hybridized carbons (Fsp3) is 0.250. The van der Waals surface area contributed by atoms with Crippen LogP contribution in [0.15, 0.2) is 30.5 Å². The van der Waals surface area contributed by atoms with E-state index in [1.807, 2.05) is 19.3 Å². The second-order valence-electron chi connectivity index (χ2n) is 4.33. The molecule has 0 saturated heterocycles. The fourth-order valence-corrected chi connectivity index (χ4v) is 2.15. The summed E-state index contributed by atoms with van der Waals surface area (Å²) >= 11 is 0. The molecule has 2 amide bonds. The Bertz CT molecular complexity index is 666. The van der Waals surface area contributed by atoms with Crippen molar-refractivity contribution in [2.24, 2.45) is 5.84 Å². The molecular formula is C16H22N4O3. The SMILES string of the molecule is C=C1C=C(C(=O)NN)Nc2c(OC)ccc(C(=O)NC)c21.CC. The normalized spacial score (nSPS) is 11.9. The Morgan fingerprint density at radius 3 is 2.43 bits per heavy atom. The topological polar surface area (TPSA) is 105 Å². The average Bonchev–Trinajstić information content (AvgIpc) is 2.60. The van der Waals surface area contributed by atoms with Gasteiger partial charge in [-0.1, -0.05) is 20.4 Å².